The highest BCUT2D eigenvalue weighted by atomic mass is 35.5. The minimum Gasteiger partial charge on any atom is -0.491 e. The number of benzene rings is 1. The van der Waals surface area contributed by atoms with Crippen molar-refractivity contribution in [3.05, 3.63) is 27.8 Å². The predicted molar refractivity (Wildman–Crippen MR) is 72.6 cm³/mol. The van der Waals surface area contributed by atoms with Crippen LogP contribution in [0.5, 0.6) is 5.75 Å². The topological polar surface area (TPSA) is 46.5 Å². The van der Waals surface area contributed by atoms with Crippen LogP contribution in [0.25, 0.3) is 0 Å². The van der Waals surface area contributed by atoms with Crippen LogP contribution in [0.15, 0.2) is 6.07 Å². The van der Waals surface area contributed by atoms with Crippen LogP contribution < -0.4 is 4.74 Å². The summed E-state index contributed by atoms with van der Waals surface area (Å²) < 4.78 is 5.74. The number of ether oxygens (including phenoxy) is 1. The van der Waals surface area contributed by atoms with Gasteiger partial charge in [-0.2, -0.15) is 0 Å². The van der Waals surface area contributed by atoms with E-state index in [1.54, 1.807) is 0 Å². The maximum absolute atomic E-state index is 10.7. The molecule has 1 rings (SSSR count). The van der Waals surface area contributed by atoms with E-state index in [0.717, 1.165) is 22.4 Å². The number of carboxylic acid groups (broad SMARTS) is 1. The number of aryl methyl sites for hydroxylation is 1. The summed E-state index contributed by atoms with van der Waals surface area (Å²) in [6, 6.07) is 1.88. The fourth-order valence-corrected chi connectivity index (χ4v) is 2.03. The maximum Gasteiger partial charge on any atom is 0.303 e. The Morgan fingerprint density at radius 2 is 2.06 bits per heavy atom. The van der Waals surface area contributed by atoms with Crippen LogP contribution in [0, 0.1) is 13.8 Å². The van der Waals surface area contributed by atoms with Crippen LogP contribution in [-0.4, -0.2) is 17.2 Å². The van der Waals surface area contributed by atoms with Gasteiger partial charge in [-0.15, -0.1) is 0 Å². The second-order valence-corrected chi connectivity index (χ2v) is 5.05. The molecule has 0 radical (unpaired) electrons. The maximum atomic E-state index is 10.7. The van der Waals surface area contributed by atoms with Gasteiger partial charge >= 0.3 is 5.97 Å². The fourth-order valence-electron chi connectivity index (χ4n) is 1.86. The van der Waals surface area contributed by atoms with E-state index in [1.807, 2.05) is 33.8 Å². The van der Waals surface area contributed by atoms with E-state index in [-0.39, 0.29) is 12.5 Å². The molecule has 0 aliphatic carbocycles. The van der Waals surface area contributed by atoms with E-state index in [1.165, 1.54) is 0 Å². The second-order valence-electron chi connectivity index (χ2n) is 4.67. The first kappa shape index (κ1) is 14.8. The molecule has 0 saturated carbocycles. The van der Waals surface area contributed by atoms with Crippen LogP contribution in [0.2, 0.25) is 5.02 Å². The highest BCUT2D eigenvalue weighted by Gasteiger charge is 2.15. The molecule has 100 valence electrons. The average Bonchev–Trinajstić information content (AvgIpc) is 2.24. The Labute approximate surface area is 113 Å². The van der Waals surface area contributed by atoms with Gasteiger partial charge in [0, 0.05) is 11.4 Å². The van der Waals surface area contributed by atoms with Gasteiger partial charge in [-0.1, -0.05) is 11.6 Å². The molecule has 0 aliphatic heterocycles. The lowest BCUT2D eigenvalue weighted by Gasteiger charge is -2.18. The van der Waals surface area contributed by atoms with Crippen molar-refractivity contribution in [2.75, 3.05) is 0 Å². The molecule has 0 spiro atoms. The summed E-state index contributed by atoms with van der Waals surface area (Å²) in [5.74, 6) is -0.0766. The summed E-state index contributed by atoms with van der Waals surface area (Å²) in [5, 5.41) is 9.48. The summed E-state index contributed by atoms with van der Waals surface area (Å²) in [4.78, 5) is 10.7. The molecule has 0 heterocycles. The van der Waals surface area contributed by atoms with Crippen LogP contribution in [0.1, 0.15) is 37.0 Å². The summed E-state index contributed by atoms with van der Waals surface area (Å²) in [7, 11) is 0. The standard InChI is InChI=1S/C14H19ClO3/c1-8(2)18-12-7-9(3)14(15)10(4)11(12)5-6-13(16)17/h7-8H,5-6H2,1-4H3,(H,16,17). The molecule has 0 unspecified atom stereocenters. The van der Waals surface area contributed by atoms with Crippen LogP contribution in [-0.2, 0) is 11.2 Å². The summed E-state index contributed by atoms with van der Waals surface area (Å²) >= 11 is 6.20. The van der Waals surface area contributed by atoms with Crippen molar-refractivity contribution in [1.29, 1.82) is 0 Å². The van der Waals surface area contributed by atoms with Gasteiger partial charge < -0.3 is 9.84 Å². The van der Waals surface area contributed by atoms with E-state index in [0.29, 0.717) is 11.4 Å². The third-order valence-corrected chi connectivity index (χ3v) is 3.31. The van der Waals surface area contributed by atoms with Gasteiger partial charge in [0.05, 0.1) is 6.10 Å². The number of carbonyl (C=O) groups is 1. The number of carboxylic acids is 1. The number of rotatable bonds is 5. The molecule has 0 amide bonds. The normalized spacial score (nSPS) is 10.8. The second kappa shape index (κ2) is 6.10. The number of aliphatic carboxylic acids is 1. The van der Waals surface area contributed by atoms with Crippen LogP contribution in [0.3, 0.4) is 0 Å². The van der Waals surface area contributed by atoms with Gasteiger partial charge in [0.1, 0.15) is 5.75 Å². The van der Waals surface area contributed by atoms with E-state index in [2.05, 4.69) is 0 Å². The van der Waals surface area contributed by atoms with E-state index < -0.39 is 5.97 Å². The molecule has 0 saturated heterocycles. The average molecular weight is 271 g/mol. The molecular formula is C14H19ClO3. The first-order chi connectivity index (χ1) is 8.32. The molecule has 0 aromatic heterocycles. The Hall–Kier alpha value is -1.22. The quantitative estimate of drug-likeness (QED) is 0.886. The molecule has 4 heteroatoms. The zero-order valence-electron chi connectivity index (χ0n) is 11.2. The third-order valence-electron chi connectivity index (χ3n) is 2.72. The van der Waals surface area contributed by atoms with E-state index in [4.69, 9.17) is 21.4 Å². The smallest absolute Gasteiger partial charge is 0.303 e. The summed E-state index contributed by atoms with van der Waals surface area (Å²) in [6.07, 6.45) is 0.561. The molecule has 1 aromatic rings. The van der Waals surface area contributed by atoms with E-state index in [9.17, 15) is 4.79 Å². The molecule has 1 N–H and O–H groups in total. The van der Waals surface area contributed by atoms with Crippen LogP contribution >= 0.6 is 11.6 Å². The SMILES string of the molecule is Cc1cc(OC(C)C)c(CCC(=O)O)c(C)c1Cl. The molecule has 3 nitrogen and oxygen atoms in total. The van der Waals surface area contributed by atoms with Crippen molar-refractivity contribution in [2.45, 2.75) is 46.6 Å². The molecule has 0 atom stereocenters. The summed E-state index contributed by atoms with van der Waals surface area (Å²) in [6.45, 7) is 7.71. The summed E-state index contributed by atoms with van der Waals surface area (Å²) in [5.41, 5.74) is 2.75. The molecule has 0 bridgehead atoms. The lowest BCUT2D eigenvalue weighted by atomic mass is 10.00. The first-order valence-electron chi connectivity index (χ1n) is 6.00. The van der Waals surface area contributed by atoms with E-state index >= 15 is 0 Å². The Bertz CT molecular complexity index is 453. The van der Waals surface area contributed by atoms with Crippen molar-refractivity contribution in [2.24, 2.45) is 0 Å². The first-order valence-corrected chi connectivity index (χ1v) is 6.37. The Morgan fingerprint density at radius 1 is 1.44 bits per heavy atom. The number of halogens is 1. The monoisotopic (exact) mass is 270 g/mol. The van der Waals surface area contributed by atoms with Gasteiger partial charge in [-0.3, -0.25) is 4.79 Å². The highest BCUT2D eigenvalue weighted by molar-refractivity contribution is 6.32. The zero-order valence-corrected chi connectivity index (χ0v) is 12.0. The number of hydrogen-bond acceptors (Lipinski definition) is 2. The van der Waals surface area contributed by atoms with Crippen molar-refractivity contribution in [3.8, 4) is 5.75 Å². The zero-order chi connectivity index (χ0) is 13.9. The lowest BCUT2D eigenvalue weighted by molar-refractivity contribution is -0.136. The Morgan fingerprint density at radius 3 is 2.56 bits per heavy atom. The molecule has 0 fully saturated rings. The molecule has 1 aromatic carbocycles. The van der Waals surface area contributed by atoms with Crippen molar-refractivity contribution in [1.82, 2.24) is 0 Å². The van der Waals surface area contributed by atoms with Gasteiger partial charge in [-0.05, 0) is 56.9 Å². The minimum atomic E-state index is -0.818. The fraction of sp³-hybridized carbons (Fsp3) is 0.500. The van der Waals surface area contributed by atoms with Crippen molar-refractivity contribution < 1.29 is 14.6 Å². The highest BCUT2D eigenvalue weighted by Crippen LogP contribution is 2.33. The molecule has 18 heavy (non-hydrogen) atoms. The van der Waals surface area contributed by atoms with Gasteiger partial charge in [0.2, 0.25) is 0 Å². The third kappa shape index (κ3) is 3.64. The minimum absolute atomic E-state index is 0.0496. The predicted octanol–water partition coefficient (Wildman–Crippen LogP) is 3.76. The van der Waals surface area contributed by atoms with Crippen molar-refractivity contribution >= 4 is 17.6 Å². The molecular weight excluding hydrogens is 252 g/mol. The van der Waals surface area contributed by atoms with Gasteiger partial charge in [0.15, 0.2) is 0 Å². The van der Waals surface area contributed by atoms with Crippen LogP contribution in [0.4, 0.5) is 0 Å². The van der Waals surface area contributed by atoms with Gasteiger partial charge in [0.25, 0.3) is 0 Å². The van der Waals surface area contributed by atoms with Crippen molar-refractivity contribution in [3.63, 3.8) is 0 Å². The van der Waals surface area contributed by atoms with Gasteiger partial charge in [-0.25, -0.2) is 0 Å². The largest absolute Gasteiger partial charge is 0.491 e. The molecule has 0 aliphatic rings. The number of hydrogen-bond donors (Lipinski definition) is 1. The Balaban J connectivity index is 3.16. The lowest BCUT2D eigenvalue weighted by Crippen LogP contribution is -2.10. The Kier molecular flexibility index (Phi) is 5.03.